The minimum Gasteiger partial charge on any atom is -0.444 e. The monoisotopic (exact) mass is 492 g/mol. The van der Waals surface area contributed by atoms with Gasteiger partial charge in [-0.05, 0) is 39.3 Å². The topological polar surface area (TPSA) is 125 Å². The summed E-state index contributed by atoms with van der Waals surface area (Å²) in [5, 5.41) is 4.79. The van der Waals surface area contributed by atoms with Crippen LogP contribution in [0, 0.1) is 0 Å². The normalized spacial score (nSPS) is 23.7. The second-order valence-corrected chi connectivity index (χ2v) is 9.91. The zero-order chi connectivity index (χ0) is 25.7. The number of nitrogens with zero attached hydrogens (tertiary/aromatic N) is 2. The molecule has 2 N–H and O–H groups in total. The number of carbonyl (C=O) groups excluding carboxylic acids is 5. The van der Waals surface area contributed by atoms with E-state index in [2.05, 4.69) is 10.6 Å². The van der Waals surface area contributed by atoms with E-state index in [1.54, 1.807) is 20.8 Å². The van der Waals surface area contributed by atoms with Crippen molar-refractivity contribution in [2.75, 3.05) is 11.9 Å². The van der Waals surface area contributed by atoms with Gasteiger partial charge in [-0.3, -0.25) is 29.4 Å². The molecule has 2 fully saturated rings. The number of alkyl halides is 2. The van der Waals surface area contributed by atoms with Crippen molar-refractivity contribution >= 4 is 35.4 Å². The zero-order valence-electron chi connectivity index (χ0n) is 19.5. The van der Waals surface area contributed by atoms with Gasteiger partial charge < -0.3 is 15.0 Å². The lowest BCUT2D eigenvalue weighted by atomic mass is 10.0. The molecule has 3 aliphatic rings. The van der Waals surface area contributed by atoms with Crippen LogP contribution >= 0.6 is 0 Å². The van der Waals surface area contributed by atoms with Crippen LogP contribution in [-0.4, -0.2) is 69.7 Å². The highest BCUT2D eigenvalue weighted by molar-refractivity contribution is 6.07. The Morgan fingerprint density at radius 2 is 1.91 bits per heavy atom. The highest BCUT2D eigenvalue weighted by atomic mass is 19.3. The van der Waals surface area contributed by atoms with Crippen LogP contribution in [0.5, 0.6) is 0 Å². The Labute approximate surface area is 199 Å². The third-order valence-corrected chi connectivity index (χ3v) is 6.04. The maximum atomic E-state index is 14.2. The molecule has 0 spiro atoms. The maximum Gasteiger partial charge on any atom is 0.411 e. The summed E-state index contributed by atoms with van der Waals surface area (Å²) in [5.74, 6) is -5.53. The van der Waals surface area contributed by atoms with Gasteiger partial charge in [-0.15, -0.1) is 0 Å². The Balaban J connectivity index is 1.54. The summed E-state index contributed by atoms with van der Waals surface area (Å²) < 4.78 is 33.6. The van der Waals surface area contributed by atoms with Gasteiger partial charge in [0.1, 0.15) is 17.7 Å². The fraction of sp³-hybridized carbons (Fsp3) is 0.522. The molecule has 1 aromatic rings. The molecule has 2 saturated heterocycles. The molecule has 35 heavy (non-hydrogen) atoms. The number of anilines is 1. The summed E-state index contributed by atoms with van der Waals surface area (Å²) in [6.45, 7) is 3.81. The lowest BCUT2D eigenvalue weighted by molar-refractivity contribution is -0.137. The first-order valence-electron chi connectivity index (χ1n) is 11.2. The first kappa shape index (κ1) is 24.6. The van der Waals surface area contributed by atoms with E-state index in [1.165, 1.54) is 23.1 Å². The summed E-state index contributed by atoms with van der Waals surface area (Å²) in [5.41, 5.74) is -0.0387. The Hall–Kier alpha value is -3.57. The van der Waals surface area contributed by atoms with Gasteiger partial charge >= 0.3 is 6.09 Å². The van der Waals surface area contributed by atoms with E-state index in [0.717, 1.165) is 0 Å². The van der Waals surface area contributed by atoms with Gasteiger partial charge in [0, 0.05) is 36.2 Å². The van der Waals surface area contributed by atoms with Crippen molar-refractivity contribution < 1.29 is 37.5 Å². The predicted molar refractivity (Wildman–Crippen MR) is 117 cm³/mol. The van der Waals surface area contributed by atoms with E-state index >= 15 is 0 Å². The largest absolute Gasteiger partial charge is 0.444 e. The van der Waals surface area contributed by atoms with Crippen molar-refractivity contribution in [3.05, 3.63) is 29.3 Å². The standard InChI is InChI=1S/C23H26F2N4O6/c1-22(2,3)35-21(34)29-11-23(24,25)9-16(29)19(32)26-14-6-4-5-12-13(14)10-28(20(12)33)15-7-8-17(30)27-18(15)31/h4-6,15-16H,7-11H2,1-3H3,(H,26,32)(H,27,30,31). The molecule has 0 aliphatic carbocycles. The number of nitrogens with one attached hydrogen (secondary N) is 2. The smallest absolute Gasteiger partial charge is 0.411 e. The minimum absolute atomic E-state index is 0.00644. The molecule has 3 heterocycles. The van der Waals surface area contributed by atoms with Crippen molar-refractivity contribution in [1.82, 2.24) is 15.1 Å². The predicted octanol–water partition coefficient (Wildman–Crippen LogP) is 2.03. The first-order valence-corrected chi connectivity index (χ1v) is 11.2. The van der Waals surface area contributed by atoms with Gasteiger partial charge in [0.2, 0.25) is 17.7 Å². The number of fused-ring (bicyclic) bond motifs is 1. The number of imide groups is 1. The van der Waals surface area contributed by atoms with Crippen molar-refractivity contribution in [2.24, 2.45) is 0 Å². The van der Waals surface area contributed by atoms with Gasteiger partial charge in [0.05, 0.1) is 6.54 Å². The lowest BCUT2D eigenvalue weighted by Gasteiger charge is -2.29. The molecule has 0 bridgehead atoms. The van der Waals surface area contributed by atoms with Crippen molar-refractivity contribution in [3.63, 3.8) is 0 Å². The second-order valence-electron chi connectivity index (χ2n) is 9.91. The molecule has 1 aromatic carbocycles. The van der Waals surface area contributed by atoms with Crippen LogP contribution in [0.15, 0.2) is 18.2 Å². The number of ether oxygens (including phenoxy) is 1. The highest BCUT2D eigenvalue weighted by Crippen LogP contribution is 2.36. The van der Waals surface area contributed by atoms with Crippen LogP contribution in [0.1, 0.15) is 56.0 Å². The molecule has 188 valence electrons. The number of likely N-dealkylation sites (tertiary alicyclic amines) is 1. The molecule has 2 atom stereocenters. The summed E-state index contributed by atoms with van der Waals surface area (Å²) in [6.07, 6.45) is -1.62. The van der Waals surface area contributed by atoms with Crippen molar-refractivity contribution in [2.45, 2.75) is 70.2 Å². The fourth-order valence-electron chi connectivity index (χ4n) is 4.48. The summed E-state index contributed by atoms with van der Waals surface area (Å²) in [4.78, 5) is 64.3. The molecule has 2 unspecified atom stereocenters. The Morgan fingerprint density at radius 3 is 2.57 bits per heavy atom. The summed E-state index contributed by atoms with van der Waals surface area (Å²) >= 11 is 0. The Morgan fingerprint density at radius 1 is 1.20 bits per heavy atom. The molecule has 3 aliphatic heterocycles. The molecular formula is C23H26F2N4O6. The zero-order valence-corrected chi connectivity index (χ0v) is 19.5. The molecule has 5 amide bonds. The van der Waals surface area contributed by atoms with E-state index in [1.807, 2.05) is 0 Å². The van der Waals surface area contributed by atoms with E-state index in [-0.39, 0.29) is 30.6 Å². The third-order valence-electron chi connectivity index (χ3n) is 6.04. The van der Waals surface area contributed by atoms with Gasteiger partial charge in [-0.25, -0.2) is 13.6 Å². The highest BCUT2D eigenvalue weighted by Gasteiger charge is 2.51. The average Bonchev–Trinajstić information content (AvgIpc) is 3.24. The molecule has 0 aromatic heterocycles. The van der Waals surface area contributed by atoms with Crippen molar-refractivity contribution in [3.8, 4) is 0 Å². The summed E-state index contributed by atoms with van der Waals surface area (Å²) in [7, 11) is 0. The molecule has 4 rings (SSSR count). The number of piperidine rings is 1. The Kier molecular flexibility index (Phi) is 6.02. The summed E-state index contributed by atoms with van der Waals surface area (Å²) in [6, 6.07) is 2.26. The average molecular weight is 492 g/mol. The van der Waals surface area contributed by atoms with E-state index in [9.17, 15) is 32.8 Å². The van der Waals surface area contributed by atoms with Gasteiger partial charge in [0.15, 0.2) is 0 Å². The van der Waals surface area contributed by atoms with Crippen LogP contribution in [0.3, 0.4) is 0 Å². The van der Waals surface area contributed by atoms with Crippen LogP contribution in [0.2, 0.25) is 0 Å². The fourth-order valence-corrected chi connectivity index (χ4v) is 4.48. The third kappa shape index (κ3) is 4.96. The number of rotatable bonds is 3. The number of halogens is 2. The minimum atomic E-state index is -3.27. The van der Waals surface area contributed by atoms with Gasteiger partial charge in [-0.2, -0.15) is 0 Å². The SMILES string of the molecule is CC(C)(C)OC(=O)N1CC(F)(F)CC1C(=O)Nc1cccc2c1CN(C1CCC(=O)NC1=O)C2=O. The maximum absolute atomic E-state index is 14.2. The number of amides is 5. The van der Waals surface area contributed by atoms with Crippen LogP contribution in [0.25, 0.3) is 0 Å². The Bertz CT molecular complexity index is 1120. The van der Waals surface area contributed by atoms with Crippen LogP contribution < -0.4 is 10.6 Å². The quantitative estimate of drug-likeness (QED) is 0.622. The molecule has 12 heteroatoms. The molecule has 0 radical (unpaired) electrons. The molecule has 0 saturated carbocycles. The van der Waals surface area contributed by atoms with E-state index < -0.39 is 66.3 Å². The number of benzene rings is 1. The molecule has 10 nitrogen and oxygen atoms in total. The van der Waals surface area contributed by atoms with Gasteiger partial charge in [-0.1, -0.05) is 6.07 Å². The van der Waals surface area contributed by atoms with E-state index in [0.29, 0.717) is 10.5 Å². The number of hydrogen-bond acceptors (Lipinski definition) is 6. The number of hydrogen-bond donors (Lipinski definition) is 2. The number of carbonyl (C=O) groups is 5. The van der Waals surface area contributed by atoms with Crippen molar-refractivity contribution in [1.29, 1.82) is 0 Å². The first-order chi connectivity index (χ1) is 16.3. The second kappa shape index (κ2) is 8.58. The lowest BCUT2D eigenvalue weighted by Crippen LogP contribution is -2.52. The van der Waals surface area contributed by atoms with Crippen LogP contribution in [-0.2, 0) is 25.7 Å². The van der Waals surface area contributed by atoms with Crippen LogP contribution in [0.4, 0.5) is 19.3 Å². The van der Waals surface area contributed by atoms with Gasteiger partial charge in [0.25, 0.3) is 11.8 Å². The molecular weight excluding hydrogens is 466 g/mol. The van der Waals surface area contributed by atoms with E-state index in [4.69, 9.17) is 4.74 Å².